The summed E-state index contributed by atoms with van der Waals surface area (Å²) in [5.41, 5.74) is 4.58. The number of hydrogen-bond acceptors (Lipinski definition) is 3. The first kappa shape index (κ1) is 15.4. The van der Waals surface area contributed by atoms with E-state index < -0.39 is 0 Å². The zero-order valence-electron chi connectivity index (χ0n) is 14.0. The van der Waals surface area contributed by atoms with Gasteiger partial charge in [0.15, 0.2) is 0 Å². The van der Waals surface area contributed by atoms with Crippen molar-refractivity contribution in [1.82, 2.24) is 14.9 Å². The average Bonchev–Trinajstić information content (AvgIpc) is 3.30. The van der Waals surface area contributed by atoms with Crippen LogP contribution in [0.1, 0.15) is 25.3 Å². The summed E-state index contributed by atoms with van der Waals surface area (Å²) in [6, 6.07) is 17.3. The summed E-state index contributed by atoms with van der Waals surface area (Å²) in [6.45, 7) is 3.98. The smallest absolute Gasteiger partial charge is 0.100 e. The summed E-state index contributed by atoms with van der Waals surface area (Å²) in [6.07, 6.45) is 4.60. The van der Waals surface area contributed by atoms with E-state index in [4.69, 9.17) is 4.74 Å². The Hall–Kier alpha value is -2.17. The van der Waals surface area contributed by atoms with Gasteiger partial charge in [-0.05, 0) is 49.6 Å². The molecule has 1 aliphatic rings. The van der Waals surface area contributed by atoms with Crippen LogP contribution >= 0.6 is 0 Å². The molecule has 0 aliphatic carbocycles. The average molecular weight is 321 g/mol. The third-order valence-corrected chi connectivity index (χ3v) is 4.82. The molecular weight excluding hydrogens is 298 g/mol. The molecule has 0 saturated carbocycles. The topological polar surface area (TPSA) is 39.1 Å². The third kappa shape index (κ3) is 3.07. The van der Waals surface area contributed by atoms with Crippen LogP contribution in [0.15, 0.2) is 54.9 Å². The van der Waals surface area contributed by atoms with Crippen LogP contribution in [-0.4, -0.2) is 28.3 Å². The predicted molar refractivity (Wildman–Crippen MR) is 96.3 cm³/mol. The van der Waals surface area contributed by atoms with Crippen LogP contribution in [0.5, 0.6) is 0 Å². The lowest BCUT2D eigenvalue weighted by molar-refractivity contribution is 0.0832. The minimum absolute atomic E-state index is 0.363. The van der Waals surface area contributed by atoms with Gasteiger partial charge in [-0.1, -0.05) is 24.3 Å². The number of benzene rings is 2. The van der Waals surface area contributed by atoms with Gasteiger partial charge < -0.3 is 10.1 Å². The first-order valence-electron chi connectivity index (χ1n) is 8.68. The summed E-state index contributed by atoms with van der Waals surface area (Å²) in [5.74, 6) is 0. The number of nitrogens with one attached hydrogen (secondary N) is 1. The number of aromatic nitrogens is 2. The molecule has 124 valence electrons. The van der Waals surface area contributed by atoms with Gasteiger partial charge in [-0.15, -0.1) is 0 Å². The number of fused-ring (bicyclic) bond motifs is 1. The standard InChI is InChI=1S/C20H23N3O/c1-15(20-7-4-12-24-20)21-13-16-8-10-17(11-9-16)23-14-22-18-5-2-3-6-19(18)23/h2-3,5-6,8-11,14-15,20-21H,4,7,12-13H2,1H3. The molecule has 4 heteroatoms. The van der Waals surface area contributed by atoms with Crippen molar-refractivity contribution in [1.29, 1.82) is 0 Å². The summed E-state index contributed by atoms with van der Waals surface area (Å²) >= 11 is 0. The first-order valence-corrected chi connectivity index (χ1v) is 8.68. The van der Waals surface area contributed by atoms with Gasteiger partial charge in [0, 0.05) is 24.9 Å². The van der Waals surface area contributed by atoms with Crippen LogP contribution in [0.3, 0.4) is 0 Å². The maximum absolute atomic E-state index is 5.74. The summed E-state index contributed by atoms with van der Waals surface area (Å²) in [7, 11) is 0. The summed E-state index contributed by atoms with van der Waals surface area (Å²) in [5, 5.41) is 3.58. The van der Waals surface area contributed by atoms with Crippen molar-refractivity contribution in [2.24, 2.45) is 0 Å². The van der Waals surface area contributed by atoms with E-state index in [1.165, 1.54) is 18.4 Å². The van der Waals surface area contributed by atoms with Crippen molar-refractivity contribution in [3.8, 4) is 5.69 Å². The molecule has 2 unspecified atom stereocenters. The van der Waals surface area contributed by atoms with Gasteiger partial charge in [0.2, 0.25) is 0 Å². The minimum atomic E-state index is 0.363. The van der Waals surface area contributed by atoms with Crippen molar-refractivity contribution in [3.05, 3.63) is 60.4 Å². The number of imidazole rings is 1. The highest BCUT2D eigenvalue weighted by Gasteiger charge is 2.21. The van der Waals surface area contributed by atoms with Gasteiger partial charge in [-0.3, -0.25) is 4.57 Å². The molecule has 4 nitrogen and oxygen atoms in total. The molecule has 4 rings (SSSR count). The molecule has 2 heterocycles. The molecule has 24 heavy (non-hydrogen) atoms. The van der Waals surface area contributed by atoms with E-state index in [1.54, 1.807) is 0 Å². The third-order valence-electron chi connectivity index (χ3n) is 4.82. The highest BCUT2D eigenvalue weighted by Crippen LogP contribution is 2.19. The minimum Gasteiger partial charge on any atom is -0.377 e. The quantitative estimate of drug-likeness (QED) is 0.779. The lowest BCUT2D eigenvalue weighted by atomic mass is 10.1. The maximum Gasteiger partial charge on any atom is 0.100 e. The maximum atomic E-state index is 5.74. The van der Waals surface area contributed by atoms with Crippen LogP contribution < -0.4 is 5.32 Å². The number of nitrogens with zero attached hydrogens (tertiary/aromatic N) is 2. The van der Waals surface area contributed by atoms with E-state index in [1.807, 2.05) is 24.5 Å². The SMILES string of the molecule is CC(NCc1ccc(-n2cnc3ccccc32)cc1)C1CCCO1. The molecule has 1 aromatic heterocycles. The lowest BCUT2D eigenvalue weighted by Crippen LogP contribution is -2.36. The summed E-state index contributed by atoms with van der Waals surface area (Å²) in [4.78, 5) is 4.46. The van der Waals surface area contributed by atoms with E-state index in [0.717, 1.165) is 29.9 Å². The normalized spacial score (nSPS) is 19.0. The zero-order valence-corrected chi connectivity index (χ0v) is 14.0. The highest BCUT2D eigenvalue weighted by atomic mass is 16.5. The molecular formula is C20H23N3O. The largest absolute Gasteiger partial charge is 0.377 e. The Morgan fingerprint density at radius 2 is 2.04 bits per heavy atom. The van der Waals surface area contributed by atoms with E-state index in [9.17, 15) is 0 Å². The molecule has 1 saturated heterocycles. The lowest BCUT2D eigenvalue weighted by Gasteiger charge is -2.20. The fraction of sp³-hybridized carbons (Fsp3) is 0.350. The van der Waals surface area contributed by atoms with E-state index in [2.05, 4.69) is 52.1 Å². The van der Waals surface area contributed by atoms with Crippen LogP contribution in [0.2, 0.25) is 0 Å². The second kappa shape index (κ2) is 6.75. The molecule has 0 amide bonds. The van der Waals surface area contributed by atoms with Crippen LogP contribution in [0.25, 0.3) is 16.7 Å². The monoisotopic (exact) mass is 321 g/mol. The van der Waals surface area contributed by atoms with Gasteiger partial charge >= 0.3 is 0 Å². The Balaban J connectivity index is 1.44. The van der Waals surface area contributed by atoms with Crippen molar-refractivity contribution in [2.75, 3.05) is 6.61 Å². The second-order valence-electron chi connectivity index (χ2n) is 6.49. The fourth-order valence-corrected chi connectivity index (χ4v) is 3.35. The van der Waals surface area contributed by atoms with Gasteiger partial charge in [0.05, 0.1) is 17.1 Å². The molecule has 2 atom stereocenters. The van der Waals surface area contributed by atoms with Crippen LogP contribution in [0, 0.1) is 0 Å². The molecule has 0 bridgehead atoms. The molecule has 0 spiro atoms. The Morgan fingerprint density at radius 3 is 2.83 bits per heavy atom. The highest BCUT2D eigenvalue weighted by molar-refractivity contribution is 5.77. The molecule has 1 aliphatic heterocycles. The molecule has 0 radical (unpaired) electrons. The Morgan fingerprint density at radius 1 is 1.21 bits per heavy atom. The van der Waals surface area contributed by atoms with Crippen LogP contribution in [-0.2, 0) is 11.3 Å². The van der Waals surface area contributed by atoms with E-state index >= 15 is 0 Å². The number of ether oxygens (including phenoxy) is 1. The Bertz CT molecular complexity index is 803. The number of para-hydroxylation sites is 2. The van der Waals surface area contributed by atoms with Crippen molar-refractivity contribution >= 4 is 11.0 Å². The fourth-order valence-electron chi connectivity index (χ4n) is 3.35. The van der Waals surface area contributed by atoms with Gasteiger partial charge in [0.1, 0.15) is 6.33 Å². The van der Waals surface area contributed by atoms with Crippen LogP contribution in [0.4, 0.5) is 0 Å². The second-order valence-corrected chi connectivity index (χ2v) is 6.49. The molecule has 1 N–H and O–H groups in total. The van der Waals surface area contributed by atoms with Crippen molar-refractivity contribution in [3.63, 3.8) is 0 Å². The zero-order chi connectivity index (χ0) is 16.4. The first-order chi connectivity index (χ1) is 11.8. The predicted octanol–water partition coefficient (Wildman–Crippen LogP) is 3.68. The van der Waals surface area contributed by atoms with Gasteiger partial charge in [-0.2, -0.15) is 0 Å². The molecule has 2 aromatic carbocycles. The Labute approximate surface area is 142 Å². The van der Waals surface area contributed by atoms with E-state index in [-0.39, 0.29) is 0 Å². The van der Waals surface area contributed by atoms with Crippen molar-refractivity contribution in [2.45, 2.75) is 38.5 Å². The number of rotatable bonds is 5. The van der Waals surface area contributed by atoms with Gasteiger partial charge in [0.25, 0.3) is 0 Å². The number of hydrogen-bond donors (Lipinski definition) is 1. The van der Waals surface area contributed by atoms with Gasteiger partial charge in [-0.25, -0.2) is 4.98 Å². The van der Waals surface area contributed by atoms with E-state index in [0.29, 0.717) is 12.1 Å². The molecule has 1 fully saturated rings. The Kier molecular flexibility index (Phi) is 4.32. The summed E-state index contributed by atoms with van der Waals surface area (Å²) < 4.78 is 7.87. The molecule has 3 aromatic rings. The van der Waals surface area contributed by atoms with Crippen molar-refractivity contribution < 1.29 is 4.74 Å².